The summed E-state index contributed by atoms with van der Waals surface area (Å²) in [6.07, 6.45) is 0. The standard InChI is InChI=1S/C10H12N2O3/c1-6-3-4-8(9(14)5-6)10(15)12-11-7(2)13/h3-5,14H,1-2H3,(H,11,13)(H,12,15). The minimum Gasteiger partial charge on any atom is -0.507 e. The number of nitrogens with one attached hydrogen (secondary N) is 2. The topological polar surface area (TPSA) is 78.4 Å². The number of aryl methyl sites for hydroxylation is 1. The summed E-state index contributed by atoms with van der Waals surface area (Å²) in [4.78, 5) is 21.9. The summed E-state index contributed by atoms with van der Waals surface area (Å²) in [5.41, 5.74) is 5.27. The van der Waals surface area contributed by atoms with Crippen molar-refractivity contribution in [3.05, 3.63) is 29.3 Å². The molecule has 0 fully saturated rings. The largest absolute Gasteiger partial charge is 0.507 e. The van der Waals surface area contributed by atoms with Crippen LogP contribution in [0.25, 0.3) is 0 Å². The molecule has 2 amide bonds. The molecule has 0 atom stereocenters. The Labute approximate surface area is 87.1 Å². The van der Waals surface area contributed by atoms with E-state index < -0.39 is 5.91 Å². The van der Waals surface area contributed by atoms with Crippen molar-refractivity contribution in [1.29, 1.82) is 0 Å². The monoisotopic (exact) mass is 208 g/mol. The number of hydrogen-bond acceptors (Lipinski definition) is 3. The van der Waals surface area contributed by atoms with E-state index in [9.17, 15) is 14.7 Å². The van der Waals surface area contributed by atoms with Crippen molar-refractivity contribution >= 4 is 11.8 Å². The molecule has 0 aliphatic rings. The average molecular weight is 208 g/mol. The lowest BCUT2D eigenvalue weighted by Gasteiger charge is -2.06. The van der Waals surface area contributed by atoms with Crippen LogP contribution < -0.4 is 10.9 Å². The second-order valence-corrected chi connectivity index (χ2v) is 3.16. The van der Waals surface area contributed by atoms with Gasteiger partial charge < -0.3 is 5.11 Å². The number of hydrazine groups is 1. The first-order valence-electron chi connectivity index (χ1n) is 4.37. The molecule has 15 heavy (non-hydrogen) atoms. The van der Waals surface area contributed by atoms with E-state index in [-0.39, 0.29) is 17.2 Å². The van der Waals surface area contributed by atoms with E-state index in [2.05, 4.69) is 10.9 Å². The van der Waals surface area contributed by atoms with Crippen LogP contribution in [0, 0.1) is 6.92 Å². The Morgan fingerprint density at radius 3 is 2.47 bits per heavy atom. The molecule has 0 heterocycles. The van der Waals surface area contributed by atoms with E-state index in [1.807, 2.05) is 0 Å². The van der Waals surface area contributed by atoms with E-state index >= 15 is 0 Å². The van der Waals surface area contributed by atoms with Crippen molar-refractivity contribution < 1.29 is 14.7 Å². The first-order valence-corrected chi connectivity index (χ1v) is 4.37. The number of benzene rings is 1. The molecule has 5 heteroatoms. The quantitative estimate of drug-likeness (QED) is 0.587. The minimum atomic E-state index is -0.553. The Balaban J connectivity index is 2.78. The highest BCUT2D eigenvalue weighted by Crippen LogP contribution is 2.17. The number of carbonyl (C=O) groups excluding carboxylic acids is 2. The maximum Gasteiger partial charge on any atom is 0.273 e. The molecule has 1 rings (SSSR count). The van der Waals surface area contributed by atoms with Crippen LogP contribution in [-0.2, 0) is 4.79 Å². The highest BCUT2D eigenvalue weighted by molar-refractivity contribution is 5.97. The molecule has 3 N–H and O–H groups in total. The van der Waals surface area contributed by atoms with Gasteiger partial charge in [0.05, 0.1) is 5.56 Å². The fourth-order valence-electron chi connectivity index (χ4n) is 1.05. The second kappa shape index (κ2) is 4.45. The molecular formula is C10H12N2O3. The van der Waals surface area contributed by atoms with Crippen LogP contribution in [0.2, 0.25) is 0 Å². The molecule has 1 aromatic rings. The van der Waals surface area contributed by atoms with Crippen LogP contribution in [0.5, 0.6) is 5.75 Å². The van der Waals surface area contributed by atoms with Gasteiger partial charge in [-0.2, -0.15) is 0 Å². The highest BCUT2D eigenvalue weighted by Gasteiger charge is 2.10. The van der Waals surface area contributed by atoms with Crippen LogP contribution in [0.3, 0.4) is 0 Å². The predicted molar refractivity (Wildman–Crippen MR) is 54.1 cm³/mol. The molecule has 0 unspecified atom stereocenters. The Morgan fingerprint density at radius 1 is 1.27 bits per heavy atom. The molecule has 0 bridgehead atoms. The minimum absolute atomic E-state index is 0.113. The average Bonchev–Trinajstić information content (AvgIpc) is 2.14. The number of hydrogen-bond donors (Lipinski definition) is 3. The van der Waals surface area contributed by atoms with Gasteiger partial charge in [0.1, 0.15) is 5.75 Å². The van der Waals surface area contributed by atoms with Gasteiger partial charge in [-0.25, -0.2) is 0 Å². The zero-order valence-corrected chi connectivity index (χ0v) is 8.50. The number of phenols is 1. The van der Waals surface area contributed by atoms with Gasteiger partial charge >= 0.3 is 0 Å². The van der Waals surface area contributed by atoms with Crippen molar-refractivity contribution in [2.24, 2.45) is 0 Å². The molecule has 0 aliphatic heterocycles. The molecule has 0 saturated carbocycles. The molecule has 0 aliphatic carbocycles. The lowest BCUT2D eigenvalue weighted by Crippen LogP contribution is -2.40. The first kappa shape index (κ1) is 11.0. The molecule has 0 radical (unpaired) electrons. The number of aromatic hydroxyl groups is 1. The summed E-state index contributed by atoms with van der Waals surface area (Å²) in [6, 6.07) is 4.66. The summed E-state index contributed by atoms with van der Waals surface area (Å²) < 4.78 is 0. The maximum atomic E-state index is 11.4. The van der Waals surface area contributed by atoms with E-state index in [0.717, 1.165) is 5.56 Å². The van der Waals surface area contributed by atoms with Crippen molar-refractivity contribution in [2.75, 3.05) is 0 Å². The molecule has 0 spiro atoms. The number of rotatable bonds is 1. The fourth-order valence-corrected chi connectivity index (χ4v) is 1.05. The normalized spacial score (nSPS) is 9.47. The van der Waals surface area contributed by atoms with Crippen molar-refractivity contribution in [3.63, 3.8) is 0 Å². The van der Waals surface area contributed by atoms with Gasteiger partial charge in [0.25, 0.3) is 5.91 Å². The second-order valence-electron chi connectivity index (χ2n) is 3.16. The lowest BCUT2D eigenvalue weighted by atomic mass is 10.1. The molecule has 80 valence electrons. The Kier molecular flexibility index (Phi) is 3.28. The van der Waals surface area contributed by atoms with E-state index in [1.54, 1.807) is 13.0 Å². The van der Waals surface area contributed by atoms with E-state index in [1.165, 1.54) is 19.1 Å². The predicted octanol–water partition coefficient (Wildman–Crippen LogP) is 0.482. The first-order chi connectivity index (χ1) is 7.00. The zero-order chi connectivity index (χ0) is 11.4. The fraction of sp³-hybridized carbons (Fsp3) is 0.200. The van der Waals surface area contributed by atoms with Crippen LogP contribution in [-0.4, -0.2) is 16.9 Å². The Morgan fingerprint density at radius 2 is 1.93 bits per heavy atom. The smallest absolute Gasteiger partial charge is 0.273 e. The third-order valence-electron chi connectivity index (χ3n) is 1.75. The van der Waals surface area contributed by atoms with Crippen LogP contribution in [0.4, 0.5) is 0 Å². The van der Waals surface area contributed by atoms with Crippen molar-refractivity contribution in [3.8, 4) is 5.75 Å². The third-order valence-corrected chi connectivity index (χ3v) is 1.75. The molecule has 0 saturated heterocycles. The summed E-state index contributed by atoms with van der Waals surface area (Å²) >= 11 is 0. The van der Waals surface area contributed by atoms with Gasteiger partial charge in [-0.3, -0.25) is 20.4 Å². The summed E-state index contributed by atoms with van der Waals surface area (Å²) in [6.45, 7) is 3.07. The van der Waals surface area contributed by atoms with Crippen molar-refractivity contribution in [2.45, 2.75) is 13.8 Å². The maximum absolute atomic E-state index is 11.4. The van der Waals surface area contributed by atoms with E-state index in [0.29, 0.717) is 0 Å². The van der Waals surface area contributed by atoms with Gasteiger partial charge in [0, 0.05) is 6.92 Å². The van der Waals surface area contributed by atoms with Crippen LogP contribution in [0.1, 0.15) is 22.8 Å². The zero-order valence-electron chi connectivity index (χ0n) is 8.50. The molecular weight excluding hydrogens is 196 g/mol. The van der Waals surface area contributed by atoms with Crippen molar-refractivity contribution in [1.82, 2.24) is 10.9 Å². The summed E-state index contributed by atoms with van der Waals surface area (Å²) in [7, 11) is 0. The molecule has 5 nitrogen and oxygen atoms in total. The van der Waals surface area contributed by atoms with Gasteiger partial charge in [-0.15, -0.1) is 0 Å². The van der Waals surface area contributed by atoms with Crippen LogP contribution >= 0.6 is 0 Å². The van der Waals surface area contributed by atoms with Gasteiger partial charge in [-0.1, -0.05) is 6.07 Å². The number of carbonyl (C=O) groups is 2. The number of phenolic OH excluding ortho intramolecular Hbond substituents is 1. The Bertz CT molecular complexity index is 402. The number of amides is 2. The Hall–Kier alpha value is -2.04. The lowest BCUT2D eigenvalue weighted by molar-refractivity contribution is -0.119. The van der Waals surface area contributed by atoms with Gasteiger partial charge in [-0.05, 0) is 24.6 Å². The summed E-state index contributed by atoms with van der Waals surface area (Å²) in [5.74, 6) is -1.05. The molecule has 1 aromatic carbocycles. The highest BCUT2D eigenvalue weighted by atomic mass is 16.3. The van der Waals surface area contributed by atoms with Gasteiger partial charge in [0.2, 0.25) is 5.91 Å². The van der Waals surface area contributed by atoms with Crippen LogP contribution in [0.15, 0.2) is 18.2 Å². The molecule has 0 aromatic heterocycles. The SMILES string of the molecule is CC(=O)NNC(=O)c1ccc(C)cc1O. The third kappa shape index (κ3) is 2.98. The van der Waals surface area contributed by atoms with E-state index in [4.69, 9.17) is 0 Å². The van der Waals surface area contributed by atoms with Gasteiger partial charge in [0.15, 0.2) is 0 Å². The summed E-state index contributed by atoms with van der Waals surface area (Å²) in [5, 5.41) is 9.45.